The number of rotatable bonds is 0. The van der Waals surface area contributed by atoms with Crippen LogP contribution in [0, 0.1) is 5.92 Å². The van der Waals surface area contributed by atoms with E-state index in [0.29, 0.717) is 5.92 Å². The third-order valence-corrected chi connectivity index (χ3v) is 1.81. The van der Waals surface area contributed by atoms with Gasteiger partial charge in [0.15, 0.2) is 0 Å². The fourth-order valence-corrected chi connectivity index (χ4v) is 1.30. The smallest absolute Gasteiger partial charge is 0.0693 e. The van der Waals surface area contributed by atoms with Crippen LogP contribution in [-0.4, -0.2) is 17.3 Å². The van der Waals surface area contributed by atoms with E-state index in [4.69, 9.17) is 10.8 Å². The van der Waals surface area contributed by atoms with E-state index in [-0.39, 0.29) is 12.1 Å². The molecule has 0 radical (unpaired) electrons. The Hall–Kier alpha value is -0.0800. The van der Waals surface area contributed by atoms with Gasteiger partial charge in [0.1, 0.15) is 0 Å². The van der Waals surface area contributed by atoms with Gasteiger partial charge in [-0.05, 0) is 18.8 Å². The van der Waals surface area contributed by atoms with E-state index in [1.54, 1.807) is 0 Å². The monoisotopic (exact) mass is 115 g/mol. The third-order valence-electron chi connectivity index (χ3n) is 1.81. The molecule has 2 heteroatoms. The highest BCUT2D eigenvalue weighted by Gasteiger charge is 2.26. The van der Waals surface area contributed by atoms with Gasteiger partial charge in [0.2, 0.25) is 0 Å². The third kappa shape index (κ3) is 1.01. The average molecular weight is 115 g/mol. The molecule has 0 saturated heterocycles. The first-order chi connectivity index (χ1) is 3.70. The Morgan fingerprint density at radius 3 is 2.25 bits per heavy atom. The predicted molar refractivity (Wildman–Crippen MR) is 32.4 cm³/mol. The summed E-state index contributed by atoms with van der Waals surface area (Å²) in [5, 5.41) is 9.04. The van der Waals surface area contributed by atoms with Crippen LogP contribution in [0.25, 0.3) is 0 Å². The van der Waals surface area contributed by atoms with Gasteiger partial charge in [-0.1, -0.05) is 6.92 Å². The number of nitrogens with two attached hydrogens (primary N) is 1. The van der Waals surface area contributed by atoms with E-state index in [0.717, 1.165) is 12.8 Å². The highest BCUT2D eigenvalue weighted by atomic mass is 16.3. The summed E-state index contributed by atoms with van der Waals surface area (Å²) < 4.78 is 0. The lowest BCUT2D eigenvalue weighted by molar-refractivity contribution is 0.162. The van der Waals surface area contributed by atoms with Crippen molar-refractivity contribution in [3.8, 4) is 0 Å². The van der Waals surface area contributed by atoms with Gasteiger partial charge < -0.3 is 10.8 Å². The van der Waals surface area contributed by atoms with E-state index in [1.807, 2.05) is 0 Å². The Bertz CT molecular complexity index is 74.6. The first-order valence-corrected chi connectivity index (χ1v) is 3.14. The van der Waals surface area contributed by atoms with E-state index in [1.165, 1.54) is 0 Å². The van der Waals surface area contributed by atoms with Crippen LogP contribution in [0.2, 0.25) is 0 Å². The second-order valence-corrected chi connectivity index (χ2v) is 2.81. The van der Waals surface area contributed by atoms with Crippen LogP contribution in [0.5, 0.6) is 0 Å². The molecule has 0 aromatic carbocycles. The van der Waals surface area contributed by atoms with Crippen molar-refractivity contribution in [3.63, 3.8) is 0 Å². The van der Waals surface area contributed by atoms with Crippen LogP contribution in [-0.2, 0) is 0 Å². The zero-order chi connectivity index (χ0) is 6.15. The molecule has 1 saturated carbocycles. The average Bonchev–Trinajstić information content (AvgIpc) is 1.85. The van der Waals surface area contributed by atoms with Crippen molar-refractivity contribution < 1.29 is 5.11 Å². The molecule has 1 fully saturated rings. The van der Waals surface area contributed by atoms with Gasteiger partial charge >= 0.3 is 0 Å². The molecule has 0 aromatic heterocycles. The van der Waals surface area contributed by atoms with Crippen molar-refractivity contribution >= 4 is 0 Å². The molecule has 1 aliphatic rings. The number of hydrogen-bond donors (Lipinski definition) is 2. The SMILES string of the molecule is C[C@H]1C[C@@H](N)[C@@H](O)C1. The summed E-state index contributed by atoms with van der Waals surface area (Å²) in [6.45, 7) is 2.12. The summed E-state index contributed by atoms with van der Waals surface area (Å²) in [7, 11) is 0. The van der Waals surface area contributed by atoms with Gasteiger partial charge in [0.25, 0.3) is 0 Å². The summed E-state index contributed by atoms with van der Waals surface area (Å²) >= 11 is 0. The Kier molecular flexibility index (Phi) is 1.54. The van der Waals surface area contributed by atoms with Crippen molar-refractivity contribution in [2.45, 2.75) is 31.9 Å². The Balaban J connectivity index is 2.39. The molecule has 0 amide bonds. The molecule has 0 unspecified atom stereocenters. The zero-order valence-corrected chi connectivity index (χ0v) is 5.17. The van der Waals surface area contributed by atoms with Gasteiger partial charge in [-0.25, -0.2) is 0 Å². The fourth-order valence-electron chi connectivity index (χ4n) is 1.30. The van der Waals surface area contributed by atoms with E-state index in [9.17, 15) is 0 Å². The molecule has 0 heterocycles. The maximum atomic E-state index is 9.04. The maximum Gasteiger partial charge on any atom is 0.0693 e. The van der Waals surface area contributed by atoms with Crippen LogP contribution in [0.1, 0.15) is 19.8 Å². The minimum Gasteiger partial charge on any atom is -0.392 e. The van der Waals surface area contributed by atoms with Crippen LogP contribution in [0.3, 0.4) is 0 Å². The summed E-state index contributed by atoms with van der Waals surface area (Å²) in [6.07, 6.45) is 1.65. The highest BCUT2D eigenvalue weighted by Crippen LogP contribution is 2.23. The lowest BCUT2D eigenvalue weighted by atomic mass is 10.1. The van der Waals surface area contributed by atoms with Crippen molar-refractivity contribution in [2.24, 2.45) is 11.7 Å². The van der Waals surface area contributed by atoms with Crippen molar-refractivity contribution in [1.29, 1.82) is 0 Å². The molecule has 0 aromatic rings. The van der Waals surface area contributed by atoms with Crippen molar-refractivity contribution in [3.05, 3.63) is 0 Å². The molecular formula is C6H13NO. The largest absolute Gasteiger partial charge is 0.392 e. The Morgan fingerprint density at radius 2 is 2.12 bits per heavy atom. The van der Waals surface area contributed by atoms with Crippen molar-refractivity contribution in [1.82, 2.24) is 0 Å². The van der Waals surface area contributed by atoms with Gasteiger partial charge in [0, 0.05) is 6.04 Å². The Morgan fingerprint density at radius 1 is 1.50 bits per heavy atom. The maximum absolute atomic E-state index is 9.04. The predicted octanol–water partition coefficient (Wildman–Crippen LogP) is 0.104. The van der Waals surface area contributed by atoms with Crippen LogP contribution < -0.4 is 5.73 Å². The van der Waals surface area contributed by atoms with E-state index < -0.39 is 0 Å². The quantitative estimate of drug-likeness (QED) is 0.470. The Labute approximate surface area is 49.7 Å². The molecule has 0 spiro atoms. The summed E-state index contributed by atoms with van der Waals surface area (Å²) in [6, 6.07) is 0.0463. The normalized spacial score (nSPS) is 47.6. The van der Waals surface area contributed by atoms with E-state index >= 15 is 0 Å². The highest BCUT2D eigenvalue weighted by molar-refractivity contribution is 4.83. The molecule has 48 valence electrons. The second-order valence-electron chi connectivity index (χ2n) is 2.81. The van der Waals surface area contributed by atoms with Crippen LogP contribution in [0.15, 0.2) is 0 Å². The fraction of sp³-hybridized carbons (Fsp3) is 1.00. The molecule has 2 nitrogen and oxygen atoms in total. The van der Waals surface area contributed by atoms with Gasteiger partial charge in [-0.15, -0.1) is 0 Å². The first-order valence-electron chi connectivity index (χ1n) is 3.14. The van der Waals surface area contributed by atoms with E-state index in [2.05, 4.69) is 6.92 Å². The molecular weight excluding hydrogens is 102 g/mol. The summed E-state index contributed by atoms with van der Waals surface area (Å²) in [5.74, 6) is 0.625. The topological polar surface area (TPSA) is 46.2 Å². The number of aliphatic hydroxyl groups is 1. The first kappa shape index (κ1) is 6.05. The van der Waals surface area contributed by atoms with Crippen LogP contribution in [0.4, 0.5) is 0 Å². The minimum atomic E-state index is -0.231. The molecule has 1 aliphatic carbocycles. The van der Waals surface area contributed by atoms with Crippen LogP contribution >= 0.6 is 0 Å². The molecule has 1 rings (SSSR count). The molecule has 0 aliphatic heterocycles. The van der Waals surface area contributed by atoms with Gasteiger partial charge in [-0.3, -0.25) is 0 Å². The summed E-state index contributed by atoms with van der Waals surface area (Å²) in [4.78, 5) is 0. The zero-order valence-electron chi connectivity index (χ0n) is 5.17. The van der Waals surface area contributed by atoms with Gasteiger partial charge in [0.05, 0.1) is 6.10 Å². The molecule has 0 bridgehead atoms. The number of aliphatic hydroxyl groups excluding tert-OH is 1. The number of hydrogen-bond acceptors (Lipinski definition) is 2. The second kappa shape index (κ2) is 2.03. The standard InChI is InChI=1S/C6H13NO/c1-4-2-5(7)6(8)3-4/h4-6,8H,2-3,7H2,1H3/t4-,5+,6-/m0/s1. The molecule has 3 N–H and O–H groups in total. The lowest BCUT2D eigenvalue weighted by Gasteiger charge is -2.04. The molecule has 3 atom stereocenters. The lowest BCUT2D eigenvalue weighted by Crippen LogP contribution is -2.28. The van der Waals surface area contributed by atoms with Crippen molar-refractivity contribution in [2.75, 3.05) is 0 Å². The molecule has 8 heavy (non-hydrogen) atoms. The minimum absolute atomic E-state index is 0.0463. The summed E-state index contributed by atoms with van der Waals surface area (Å²) in [5.41, 5.74) is 5.52. The van der Waals surface area contributed by atoms with Gasteiger partial charge in [-0.2, -0.15) is 0 Å².